The molecule has 1 nitrogen and oxygen atoms in total. The second-order valence-electron chi connectivity index (χ2n) is 5.52. The molecule has 1 aromatic heterocycles. The van der Waals surface area contributed by atoms with E-state index in [2.05, 4.69) is 27.0 Å². The number of aryl methyl sites for hydroxylation is 2. The third-order valence-corrected chi connectivity index (χ3v) is 3.08. The summed E-state index contributed by atoms with van der Waals surface area (Å²) in [6.45, 7) is 8.36. The van der Waals surface area contributed by atoms with Crippen molar-refractivity contribution in [1.82, 2.24) is 4.57 Å². The molecule has 2 aromatic rings. The lowest BCUT2D eigenvalue weighted by molar-refractivity contribution is 0.593. The maximum atomic E-state index is 13.5. The van der Waals surface area contributed by atoms with Crippen LogP contribution in [0.3, 0.4) is 0 Å². The predicted molar refractivity (Wildman–Crippen MR) is 66.3 cm³/mol. The van der Waals surface area contributed by atoms with Crippen LogP contribution < -0.4 is 0 Å². The van der Waals surface area contributed by atoms with Gasteiger partial charge in [0.05, 0.1) is 5.52 Å². The molecule has 0 atom stereocenters. The van der Waals surface area contributed by atoms with E-state index in [0.717, 1.165) is 10.9 Å². The molecule has 0 saturated heterocycles. The minimum absolute atomic E-state index is 0.0871. The standard InChI is InChI=1S/C14H18FN/c1-9-6-10-11(14(2,3)4)8-16(5)13(10)7-12(9)15/h6-8H,1-5H3. The molecule has 0 amide bonds. The molecular formula is C14H18FN. The van der Waals surface area contributed by atoms with Crippen LogP contribution in [0.15, 0.2) is 18.3 Å². The molecule has 0 N–H and O–H groups in total. The van der Waals surface area contributed by atoms with Gasteiger partial charge in [-0.1, -0.05) is 20.8 Å². The van der Waals surface area contributed by atoms with Gasteiger partial charge in [0.25, 0.3) is 0 Å². The molecule has 0 fully saturated rings. The number of nitrogens with zero attached hydrogens (tertiary/aromatic N) is 1. The van der Waals surface area contributed by atoms with Crippen LogP contribution in [-0.4, -0.2) is 4.57 Å². The van der Waals surface area contributed by atoms with E-state index in [1.54, 1.807) is 6.07 Å². The Balaban J connectivity index is 2.84. The fraction of sp³-hybridized carbons (Fsp3) is 0.429. The second kappa shape index (κ2) is 3.34. The normalized spacial score (nSPS) is 12.4. The Hall–Kier alpha value is -1.31. The van der Waals surface area contributed by atoms with E-state index in [1.807, 2.05) is 24.6 Å². The average Bonchev–Trinajstić information content (AvgIpc) is 2.45. The van der Waals surface area contributed by atoms with Crippen LogP contribution in [0.1, 0.15) is 31.9 Å². The number of hydrogen-bond donors (Lipinski definition) is 0. The van der Waals surface area contributed by atoms with Crippen molar-refractivity contribution in [2.45, 2.75) is 33.1 Å². The largest absolute Gasteiger partial charge is 0.350 e. The van der Waals surface area contributed by atoms with Gasteiger partial charge in [-0.15, -0.1) is 0 Å². The van der Waals surface area contributed by atoms with Gasteiger partial charge in [-0.3, -0.25) is 0 Å². The van der Waals surface area contributed by atoms with Crippen LogP contribution in [-0.2, 0) is 12.5 Å². The SMILES string of the molecule is Cc1cc2c(C(C)(C)C)cn(C)c2cc1F. The minimum Gasteiger partial charge on any atom is -0.350 e. The summed E-state index contributed by atoms with van der Waals surface area (Å²) < 4.78 is 15.5. The Kier molecular flexibility index (Phi) is 2.33. The molecule has 2 heteroatoms. The zero-order valence-electron chi connectivity index (χ0n) is 10.6. The van der Waals surface area contributed by atoms with Crippen molar-refractivity contribution in [2.24, 2.45) is 7.05 Å². The average molecular weight is 219 g/mol. The van der Waals surface area contributed by atoms with Gasteiger partial charge in [0.1, 0.15) is 5.82 Å². The zero-order chi connectivity index (χ0) is 12.1. The third-order valence-electron chi connectivity index (χ3n) is 3.08. The Morgan fingerprint density at radius 1 is 1.19 bits per heavy atom. The van der Waals surface area contributed by atoms with Crippen LogP contribution in [0.2, 0.25) is 0 Å². The number of aromatic nitrogens is 1. The van der Waals surface area contributed by atoms with Gasteiger partial charge in [0.15, 0.2) is 0 Å². The lowest BCUT2D eigenvalue weighted by Gasteiger charge is -2.17. The third kappa shape index (κ3) is 1.62. The molecule has 16 heavy (non-hydrogen) atoms. The molecule has 86 valence electrons. The first-order valence-electron chi connectivity index (χ1n) is 5.56. The highest BCUT2D eigenvalue weighted by atomic mass is 19.1. The number of hydrogen-bond acceptors (Lipinski definition) is 0. The van der Waals surface area contributed by atoms with E-state index >= 15 is 0 Å². The van der Waals surface area contributed by atoms with Crippen molar-refractivity contribution in [1.29, 1.82) is 0 Å². The van der Waals surface area contributed by atoms with Gasteiger partial charge in [0, 0.05) is 18.6 Å². The Bertz CT molecular complexity index is 544. The monoisotopic (exact) mass is 219 g/mol. The van der Waals surface area contributed by atoms with Crippen LogP contribution >= 0.6 is 0 Å². The van der Waals surface area contributed by atoms with Gasteiger partial charge in [-0.2, -0.15) is 0 Å². The molecule has 0 aliphatic heterocycles. The van der Waals surface area contributed by atoms with E-state index < -0.39 is 0 Å². The van der Waals surface area contributed by atoms with E-state index in [0.29, 0.717) is 5.56 Å². The minimum atomic E-state index is -0.130. The van der Waals surface area contributed by atoms with Crippen molar-refractivity contribution in [3.8, 4) is 0 Å². The first kappa shape index (κ1) is 11.2. The van der Waals surface area contributed by atoms with Gasteiger partial charge < -0.3 is 4.57 Å². The molecule has 0 aliphatic carbocycles. The van der Waals surface area contributed by atoms with Crippen LogP contribution in [0.5, 0.6) is 0 Å². The van der Waals surface area contributed by atoms with E-state index in [9.17, 15) is 4.39 Å². The zero-order valence-corrected chi connectivity index (χ0v) is 10.6. The van der Waals surface area contributed by atoms with Crippen molar-refractivity contribution in [3.05, 3.63) is 35.3 Å². The Morgan fingerprint density at radius 2 is 1.81 bits per heavy atom. The quantitative estimate of drug-likeness (QED) is 0.633. The van der Waals surface area contributed by atoms with Crippen LogP contribution in [0, 0.1) is 12.7 Å². The summed E-state index contributed by atoms with van der Waals surface area (Å²) in [6, 6.07) is 3.57. The topological polar surface area (TPSA) is 4.93 Å². The van der Waals surface area contributed by atoms with Gasteiger partial charge in [-0.05, 0) is 35.6 Å². The number of fused-ring (bicyclic) bond motifs is 1. The first-order chi connectivity index (χ1) is 7.30. The Labute approximate surface area is 95.9 Å². The molecule has 0 bridgehead atoms. The molecule has 2 rings (SSSR count). The molecule has 0 saturated carbocycles. The highest BCUT2D eigenvalue weighted by Crippen LogP contribution is 2.32. The first-order valence-corrected chi connectivity index (χ1v) is 5.56. The summed E-state index contributed by atoms with van der Waals surface area (Å²) in [5.74, 6) is -0.130. The second-order valence-corrected chi connectivity index (χ2v) is 5.52. The summed E-state index contributed by atoms with van der Waals surface area (Å²) in [4.78, 5) is 0. The Morgan fingerprint density at radius 3 is 2.38 bits per heavy atom. The fourth-order valence-corrected chi connectivity index (χ4v) is 2.11. The summed E-state index contributed by atoms with van der Waals surface area (Å²) >= 11 is 0. The molecule has 0 spiro atoms. The van der Waals surface area contributed by atoms with Gasteiger partial charge in [-0.25, -0.2) is 4.39 Å². The van der Waals surface area contributed by atoms with Crippen molar-refractivity contribution >= 4 is 10.9 Å². The molecule has 0 unspecified atom stereocenters. The van der Waals surface area contributed by atoms with Crippen LogP contribution in [0.25, 0.3) is 10.9 Å². The van der Waals surface area contributed by atoms with Gasteiger partial charge >= 0.3 is 0 Å². The molecular weight excluding hydrogens is 201 g/mol. The maximum Gasteiger partial charge on any atom is 0.128 e. The van der Waals surface area contributed by atoms with Gasteiger partial charge in [0.2, 0.25) is 0 Å². The summed E-state index contributed by atoms with van der Waals surface area (Å²) in [7, 11) is 1.96. The number of rotatable bonds is 0. The maximum absolute atomic E-state index is 13.5. The summed E-state index contributed by atoms with van der Waals surface area (Å²) in [6.07, 6.45) is 2.10. The highest BCUT2D eigenvalue weighted by molar-refractivity contribution is 5.85. The van der Waals surface area contributed by atoms with E-state index in [1.165, 1.54) is 5.56 Å². The number of halogens is 1. The lowest BCUT2D eigenvalue weighted by Crippen LogP contribution is -2.10. The summed E-state index contributed by atoms with van der Waals surface area (Å²) in [5, 5.41) is 1.16. The van der Waals surface area contributed by atoms with E-state index in [-0.39, 0.29) is 11.2 Å². The van der Waals surface area contributed by atoms with Crippen molar-refractivity contribution in [2.75, 3.05) is 0 Å². The van der Waals surface area contributed by atoms with E-state index in [4.69, 9.17) is 0 Å². The smallest absolute Gasteiger partial charge is 0.128 e. The molecule has 1 aromatic carbocycles. The number of benzene rings is 1. The van der Waals surface area contributed by atoms with Crippen molar-refractivity contribution in [3.63, 3.8) is 0 Å². The van der Waals surface area contributed by atoms with Crippen LogP contribution in [0.4, 0.5) is 4.39 Å². The predicted octanol–water partition coefficient (Wildman–Crippen LogP) is 3.92. The molecule has 0 aliphatic rings. The lowest BCUT2D eigenvalue weighted by atomic mass is 9.86. The molecule has 0 radical (unpaired) electrons. The fourth-order valence-electron chi connectivity index (χ4n) is 2.11. The van der Waals surface area contributed by atoms with Crippen molar-refractivity contribution < 1.29 is 4.39 Å². The summed E-state index contributed by atoms with van der Waals surface area (Å²) in [5.41, 5.74) is 3.04. The molecule has 1 heterocycles. The highest BCUT2D eigenvalue weighted by Gasteiger charge is 2.20.